The molecule has 0 unspecified atom stereocenters. The third-order valence-corrected chi connectivity index (χ3v) is 7.15. The van der Waals surface area contributed by atoms with Crippen LogP contribution in [-0.2, 0) is 0 Å². The number of pyridine rings is 1. The van der Waals surface area contributed by atoms with Gasteiger partial charge in [0, 0.05) is 62.2 Å². The summed E-state index contributed by atoms with van der Waals surface area (Å²) in [5, 5.41) is 7.89. The van der Waals surface area contributed by atoms with Crippen molar-refractivity contribution in [2.24, 2.45) is 0 Å². The SMILES string of the molecule is O=C(N1CC=C(c2cc3c(Nc4ccc5ncsc5c4)ccnc3[nH]2)CC1)N1CCNCC1. The highest BCUT2D eigenvalue weighted by Gasteiger charge is 2.24. The molecule has 33 heavy (non-hydrogen) atoms. The number of benzene rings is 1. The predicted molar refractivity (Wildman–Crippen MR) is 133 cm³/mol. The molecular formula is C24H25N7OS. The van der Waals surface area contributed by atoms with Gasteiger partial charge in [-0.2, -0.15) is 0 Å². The van der Waals surface area contributed by atoms with Crippen LogP contribution in [0.25, 0.3) is 26.8 Å². The summed E-state index contributed by atoms with van der Waals surface area (Å²) in [5.74, 6) is 0. The number of hydrogen-bond donors (Lipinski definition) is 3. The Kier molecular flexibility index (Phi) is 5.20. The first-order valence-corrected chi connectivity index (χ1v) is 12.1. The minimum Gasteiger partial charge on any atom is -0.355 e. The van der Waals surface area contributed by atoms with E-state index in [4.69, 9.17) is 0 Å². The Labute approximate surface area is 195 Å². The molecule has 168 valence electrons. The summed E-state index contributed by atoms with van der Waals surface area (Å²) in [4.78, 5) is 29.0. The Morgan fingerprint density at radius 2 is 1.97 bits per heavy atom. The van der Waals surface area contributed by atoms with Crippen LogP contribution >= 0.6 is 11.3 Å². The van der Waals surface area contributed by atoms with Crippen molar-refractivity contribution in [3.63, 3.8) is 0 Å². The molecule has 3 N–H and O–H groups in total. The summed E-state index contributed by atoms with van der Waals surface area (Å²) in [6.07, 6.45) is 4.81. The van der Waals surface area contributed by atoms with Crippen LogP contribution in [0.4, 0.5) is 16.2 Å². The molecule has 6 rings (SSSR count). The van der Waals surface area contributed by atoms with Crippen LogP contribution in [0.2, 0.25) is 0 Å². The highest BCUT2D eigenvalue weighted by molar-refractivity contribution is 7.16. The smallest absolute Gasteiger partial charge is 0.320 e. The van der Waals surface area contributed by atoms with E-state index in [-0.39, 0.29) is 6.03 Å². The second-order valence-electron chi connectivity index (χ2n) is 8.41. The summed E-state index contributed by atoms with van der Waals surface area (Å²) in [6, 6.07) is 10.5. The summed E-state index contributed by atoms with van der Waals surface area (Å²) >= 11 is 1.64. The van der Waals surface area contributed by atoms with Gasteiger partial charge in [-0.3, -0.25) is 0 Å². The molecular weight excluding hydrogens is 434 g/mol. The zero-order valence-corrected chi connectivity index (χ0v) is 19.0. The van der Waals surface area contributed by atoms with Crippen molar-refractivity contribution in [2.75, 3.05) is 44.6 Å². The van der Waals surface area contributed by atoms with Gasteiger partial charge in [-0.15, -0.1) is 11.3 Å². The molecule has 0 saturated carbocycles. The lowest BCUT2D eigenvalue weighted by Gasteiger charge is -2.34. The number of nitrogens with one attached hydrogen (secondary N) is 3. The minimum atomic E-state index is 0.148. The van der Waals surface area contributed by atoms with Gasteiger partial charge in [0.2, 0.25) is 0 Å². The number of hydrogen-bond acceptors (Lipinski definition) is 6. The van der Waals surface area contributed by atoms with Gasteiger partial charge in [-0.1, -0.05) is 6.08 Å². The highest BCUT2D eigenvalue weighted by atomic mass is 32.1. The van der Waals surface area contributed by atoms with Gasteiger partial charge in [0.05, 0.1) is 21.4 Å². The van der Waals surface area contributed by atoms with Gasteiger partial charge >= 0.3 is 6.03 Å². The summed E-state index contributed by atoms with van der Waals surface area (Å²) in [5.41, 5.74) is 8.08. The van der Waals surface area contributed by atoms with E-state index in [2.05, 4.69) is 49.9 Å². The fraction of sp³-hybridized carbons (Fsp3) is 0.292. The molecule has 9 heteroatoms. The first-order valence-electron chi connectivity index (χ1n) is 11.3. The van der Waals surface area contributed by atoms with E-state index in [1.54, 1.807) is 11.3 Å². The summed E-state index contributed by atoms with van der Waals surface area (Å²) < 4.78 is 1.16. The van der Waals surface area contributed by atoms with Crippen LogP contribution in [0, 0.1) is 0 Å². The van der Waals surface area contributed by atoms with Crippen LogP contribution in [0.1, 0.15) is 12.1 Å². The number of aromatic amines is 1. The first-order chi connectivity index (χ1) is 16.2. The molecule has 0 spiro atoms. The number of H-pyrrole nitrogens is 1. The molecule has 3 aromatic heterocycles. The number of piperazine rings is 1. The van der Waals surface area contributed by atoms with E-state index in [0.717, 1.165) is 77.5 Å². The van der Waals surface area contributed by atoms with E-state index >= 15 is 0 Å². The van der Waals surface area contributed by atoms with Crippen molar-refractivity contribution >= 4 is 55.6 Å². The molecule has 5 heterocycles. The van der Waals surface area contributed by atoms with E-state index in [1.807, 2.05) is 33.6 Å². The predicted octanol–water partition coefficient (Wildman–Crippen LogP) is 4.03. The molecule has 2 amide bonds. The molecule has 1 aromatic carbocycles. The van der Waals surface area contributed by atoms with Gasteiger partial charge in [0.15, 0.2) is 0 Å². The van der Waals surface area contributed by atoms with E-state index in [9.17, 15) is 4.79 Å². The maximum Gasteiger partial charge on any atom is 0.320 e. The number of thiazole rings is 1. The third-order valence-electron chi connectivity index (χ3n) is 6.36. The second kappa shape index (κ2) is 8.49. The van der Waals surface area contributed by atoms with Gasteiger partial charge in [0.1, 0.15) is 5.65 Å². The van der Waals surface area contributed by atoms with Crippen LogP contribution in [0.5, 0.6) is 0 Å². The molecule has 0 atom stereocenters. The average molecular weight is 460 g/mol. The van der Waals surface area contributed by atoms with Gasteiger partial charge in [-0.05, 0) is 42.3 Å². The number of nitrogens with zero attached hydrogens (tertiary/aromatic N) is 4. The maximum absolute atomic E-state index is 12.8. The van der Waals surface area contributed by atoms with Crippen molar-refractivity contribution in [1.29, 1.82) is 0 Å². The van der Waals surface area contributed by atoms with Crippen molar-refractivity contribution in [1.82, 2.24) is 30.1 Å². The average Bonchev–Trinajstić information content (AvgIpc) is 3.52. The van der Waals surface area contributed by atoms with Gasteiger partial charge < -0.3 is 25.4 Å². The summed E-state index contributed by atoms with van der Waals surface area (Å²) in [7, 11) is 0. The number of amides is 2. The Balaban J connectivity index is 1.21. The standard InChI is InChI=1S/C24H25N7OS/c32-24(31-11-7-25-8-12-31)30-9-4-16(5-10-30)21-14-18-19(3-6-26-23(18)29-21)28-17-1-2-20-22(13-17)33-15-27-20/h1-4,6,13-15,25H,5,7-12H2,(H2,26,28,29). The number of rotatable bonds is 3. The van der Waals surface area contributed by atoms with Crippen molar-refractivity contribution in [3.05, 3.63) is 53.8 Å². The normalized spacial score (nSPS) is 16.9. The molecule has 0 bridgehead atoms. The molecule has 0 radical (unpaired) electrons. The Hall–Kier alpha value is -3.43. The topological polar surface area (TPSA) is 89.2 Å². The molecule has 0 aliphatic carbocycles. The number of carbonyl (C=O) groups excluding carboxylic acids is 1. The Morgan fingerprint density at radius 3 is 2.82 bits per heavy atom. The highest BCUT2D eigenvalue weighted by Crippen LogP contribution is 2.31. The Bertz CT molecular complexity index is 1350. The van der Waals surface area contributed by atoms with Crippen molar-refractivity contribution in [2.45, 2.75) is 6.42 Å². The van der Waals surface area contributed by atoms with Crippen LogP contribution < -0.4 is 10.6 Å². The molecule has 2 aliphatic heterocycles. The molecule has 4 aromatic rings. The lowest BCUT2D eigenvalue weighted by Crippen LogP contribution is -2.52. The molecule has 2 aliphatic rings. The fourth-order valence-corrected chi connectivity index (χ4v) is 5.26. The van der Waals surface area contributed by atoms with Crippen LogP contribution in [-0.4, -0.2) is 70.1 Å². The van der Waals surface area contributed by atoms with Crippen LogP contribution in [0.3, 0.4) is 0 Å². The number of aromatic nitrogens is 3. The first kappa shape index (κ1) is 20.2. The lowest BCUT2D eigenvalue weighted by atomic mass is 10.0. The largest absolute Gasteiger partial charge is 0.355 e. The maximum atomic E-state index is 12.8. The Morgan fingerprint density at radius 1 is 1.06 bits per heavy atom. The monoisotopic (exact) mass is 459 g/mol. The van der Waals surface area contributed by atoms with Crippen molar-refractivity contribution < 1.29 is 4.79 Å². The number of carbonyl (C=O) groups is 1. The van der Waals surface area contributed by atoms with Gasteiger partial charge in [-0.25, -0.2) is 14.8 Å². The van der Waals surface area contributed by atoms with E-state index in [1.165, 1.54) is 5.57 Å². The van der Waals surface area contributed by atoms with Crippen LogP contribution in [0.15, 0.2) is 48.1 Å². The van der Waals surface area contributed by atoms with E-state index in [0.29, 0.717) is 6.54 Å². The number of fused-ring (bicyclic) bond motifs is 2. The van der Waals surface area contributed by atoms with E-state index < -0.39 is 0 Å². The zero-order valence-electron chi connectivity index (χ0n) is 18.2. The number of urea groups is 1. The molecule has 8 nitrogen and oxygen atoms in total. The quantitative estimate of drug-likeness (QED) is 0.430. The minimum absolute atomic E-state index is 0.148. The van der Waals surface area contributed by atoms with Crippen molar-refractivity contribution in [3.8, 4) is 0 Å². The zero-order chi connectivity index (χ0) is 22.2. The number of anilines is 2. The lowest BCUT2D eigenvalue weighted by molar-refractivity contribution is 0.151. The molecule has 1 saturated heterocycles. The second-order valence-corrected chi connectivity index (χ2v) is 9.30. The summed E-state index contributed by atoms with van der Waals surface area (Å²) in [6.45, 7) is 4.68. The van der Waals surface area contributed by atoms with Gasteiger partial charge in [0.25, 0.3) is 0 Å². The fourth-order valence-electron chi connectivity index (χ4n) is 4.54. The molecule has 1 fully saturated rings. The third kappa shape index (κ3) is 3.94.